The summed E-state index contributed by atoms with van der Waals surface area (Å²) in [6, 6.07) is 12.8. The minimum absolute atomic E-state index is 0. The zero-order valence-electron chi connectivity index (χ0n) is 18.7. The second-order valence-electron chi connectivity index (χ2n) is 7.55. The quantitative estimate of drug-likeness (QED) is 0.223. The van der Waals surface area contributed by atoms with E-state index in [1.807, 2.05) is 18.2 Å². The number of ether oxygens (including phenoxy) is 1. The van der Waals surface area contributed by atoms with Crippen molar-refractivity contribution < 1.29 is 4.74 Å². The lowest BCUT2D eigenvalue weighted by Crippen LogP contribution is -2.27. The van der Waals surface area contributed by atoms with Gasteiger partial charge in [0.15, 0.2) is 5.75 Å². The van der Waals surface area contributed by atoms with E-state index in [4.69, 9.17) is 32.9 Å². The summed E-state index contributed by atoms with van der Waals surface area (Å²) in [6.45, 7) is 1.99. The maximum absolute atomic E-state index is 6.36. The van der Waals surface area contributed by atoms with E-state index < -0.39 is 0 Å². The lowest BCUT2D eigenvalue weighted by atomic mass is 9.98. The number of aromatic nitrogens is 4. The van der Waals surface area contributed by atoms with Gasteiger partial charge in [-0.25, -0.2) is 15.0 Å². The van der Waals surface area contributed by atoms with Crippen LogP contribution in [0.25, 0.3) is 0 Å². The van der Waals surface area contributed by atoms with Crippen LogP contribution in [0.15, 0.2) is 64.8 Å². The number of benzene rings is 1. The Morgan fingerprint density at radius 1 is 1.03 bits per heavy atom. The van der Waals surface area contributed by atoms with E-state index in [0.29, 0.717) is 38.4 Å². The maximum Gasteiger partial charge on any atom is 0.208 e. The molecule has 0 spiro atoms. The molecule has 0 saturated carbocycles. The summed E-state index contributed by atoms with van der Waals surface area (Å²) < 4.78 is 10.7. The number of para-hydroxylation sites is 1. The van der Waals surface area contributed by atoms with Crippen LogP contribution in [0.3, 0.4) is 0 Å². The lowest BCUT2D eigenvalue weighted by molar-refractivity contribution is 0.448. The topological polar surface area (TPSA) is 84.9 Å². The predicted octanol–water partition coefficient (Wildman–Crippen LogP) is 7.63. The molecule has 2 N–H and O–H groups in total. The van der Waals surface area contributed by atoms with Gasteiger partial charge in [-0.15, -0.1) is 24.8 Å². The highest BCUT2D eigenvalue weighted by atomic mass is 35.5. The first-order chi connectivity index (χ1) is 16.7. The molecule has 5 rings (SSSR count). The largest absolute Gasteiger partial charge is 0.453 e. The molecule has 7 nitrogen and oxygen atoms in total. The Morgan fingerprint density at radius 3 is 2.53 bits per heavy atom. The number of nitrogens with zero attached hydrogens (tertiary/aromatic N) is 4. The molecule has 36 heavy (non-hydrogen) atoms. The second kappa shape index (κ2) is 13.6. The van der Waals surface area contributed by atoms with Crippen molar-refractivity contribution in [1.82, 2.24) is 24.6 Å². The molecule has 0 radical (unpaired) electrons. The van der Waals surface area contributed by atoms with Crippen molar-refractivity contribution >= 4 is 82.3 Å². The minimum Gasteiger partial charge on any atom is -0.453 e. The molecule has 0 unspecified atom stereocenters. The zero-order valence-corrected chi connectivity index (χ0v) is 23.5. The monoisotopic (exact) mass is 602 g/mol. The van der Waals surface area contributed by atoms with Gasteiger partial charge in [0.05, 0.1) is 14.9 Å². The van der Waals surface area contributed by atoms with Crippen molar-refractivity contribution in [1.29, 1.82) is 0 Å². The summed E-state index contributed by atoms with van der Waals surface area (Å²) in [5.41, 5.74) is 0. The molecule has 1 aliphatic heterocycles. The SMILES string of the molecule is Cl.Cl.Clc1cccc(Cl)c1Oc1cc(Nc2nc(C3CCNCC3)ns2)ncc1Sc1ccccn1. The molecule has 1 aliphatic rings. The molecule has 0 amide bonds. The summed E-state index contributed by atoms with van der Waals surface area (Å²) in [4.78, 5) is 14.4. The standard InChI is InChI=1S/C23H20Cl2N6OS2.2ClH/c24-15-4-3-5-16(25)21(15)32-17-12-19(28-13-18(17)33-20-6-1-2-9-27-20)29-23-30-22(31-34-23)14-7-10-26-11-8-14;;/h1-6,9,12-14,26H,7-8,10-11H2,(H,28,29,30,31);2*1H. The normalized spacial score (nSPS) is 13.4. The molecule has 0 atom stereocenters. The number of halogens is 4. The number of pyridine rings is 2. The Labute approximate surface area is 239 Å². The van der Waals surface area contributed by atoms with Crippen molar-refractivity contribution in [2.75, 3.05) is 18.4 Å². The Kier molecular flexibility index (Phi) is 10.9. The zero-order chi connectivity index (χ0) is 23.3. The van der Waals surface area contributed by atoms with E-state index in [1.165, 1.54) is 23.3 Å². The third-order valence-corrected chi connectivity index (χ3v) is 7.41. The van der Waals surface area contributed by atoms with Gasteiger partial charge in [0.1, 0.15) is 22.4 Å². The Hall–Kier alpha value is -1.85. The van der Waals surface area contributed by atoms with Crippen LogP contribution in [-0.2, 0) is 0 Å². The number of anilines is 2. The highest BCUT2D eigenvalue weighted by Crippen LogP contribution is 2.42. The van der Waals surface area contributed by atoms with Gasteiger partial charge in [-0.2, -0.15) is 4.37 Å². The summed E-state index contributed by atoms with van der Waals surface area (Å²) in [7, 11) is 0. The third-order valence-electron chi connectivity index (χ3n) is 5.20. The van der Waals surface area contributed by atoms with Crippen LogP contribution in [0, 0.1) is 0 Å². The maximum atomic E-state index is 6.36. The molecule has 13 heteroatoms. The van der Waals surface area contributed by atoms with E-state index >= 15 is 0 Å². The average Bonchev–Trinajstić information content (AvgIpc) is 3.33. The first kappa shape index (κ1) is 28.7. The molecular formula is C23H22Cl4N6OS2. The summed E-state index contributed by atoms with van der Waals surface area (Å²) in [5.74, 6) is 2.79. The molecule has 1 aromatic carbocycles. The Balaban J connectivity index is 0.00000180. The van der Waals surface area contributed by atoms with Gasteiger partial charge in [0.25, 0.3) is 0 Å². The Morgan fingerprint density at radius 2 is 1.81 bits per heavy atom. The van der Waals surface area contributed by atoms with Crippen LogP contribution in [0.2, 0.25) is 10.0 Å². The van der Waals surface area contributed by atoms with Gasteiger partial charge >= 0.3 is 0 Å². The fourth-order valence-electron chi connectivity index (χ4n) is 3.50. The van der Waals surface area contributed by atoms with Gasteiger partial charge in [0.2, 0.25) is 5.13 Å². The number of hydrogen-bond acceptors (Lipinski definition) is 9. The van der Waals surface area contributed by atoms with Crippen molar-refractivity contribution in [2.45, 2.75) is 28.7 Å². The van der Waals surface area contributed by atoms with Gasteiger partial charge in [-0.05, 0) is 50.2 Å². The van der Waals surface area contributed by atoms with Crippen LogP contribution >= 0.6 is 71.3 Å². The van der Waals surface area contributed by atoms with Gasteiger partial charge in [-0.3, -0.25) is 0 Å². The highest BCUT2D eigenvalue weighted by molar-refractivity contribution is 7.99. The minimum atomic E-state index is 0. The summed E-state index contributed by atoms with van der Waals surface area (Å²) in [6.07, 6.45) is 5.57. The molecule has 0 aliphatic carbocycles. The van der Waals surface area contributed by atoms with Crippen molar-refractivity contribution in [2.24, 2.45) is 0 Å². The van der Waals surface area contributed by atoms with Crippen LogP contribution in [0.5, 0.6) is 11.5 Å². The lowest BCUT2D eigenvalue weighted by Gasteiger charge is -2.19. The fraction of sp³-hybridized carbons (Fsp3) is 0.217. The van der Waals surface area contributed by atoms with Gasteiger partial charge in [0, 0.05) is 35.9 Å². The van der Waals surface area contributed by atoms with E-state index in [-0.39, 0.29) is 24.8 Å². The second-order valence-corrected chi connectivity index (χ2v) is 10.2. The average molecular weight is 604 g/mol. The number of nitrogens with one attached hydrogen (secondary N) is 2. The van der Waals surface area contributed by atoms with Gasteiger partial charge < -0.3 is 15.4 Å². The molecular weight excluding hydrogens is 582 g/mol. The highest BCUT2D eigenvalue weighted by Gasteiger charge is 2.20. The van der Waals surface area contributed by atoms with Gasteiger partial charge in [-0.1, -0.05) is 47.1 Å². The summed E-state index contributed by atoms with van der Waals surface area (Å²) >= 11 is 15.5. The van der Waals surface area contributed by atoms with Crippen LogP contribution < -0.4 is 15.4 Å². The first-order valence-electron chi connectivity index (χ1n) is 10.7. The van der Waals surface area contributed by atoms with Crippen molar-refractivity contribution in [3.05, 3.63) is 70.7 Å². The molecule has 4 heterocycles. The smallest absolute Gasteiger partial charge is 0.208 e. The molecule has 3 aromatic heterocycles. The number of piperidine rings is 1. The van der Waals surface area contributed by atoms with Crippen LogP contribution in [0.4, 0.5) is 10.9 Å². The number of hydrogen-bond donors (Lipinski definition) is 2. The predicted molar refractivity (Wildman–Crippen MR) is 152 cm³/mol. The first-order valence-corrected chi connectivity index (χ1v) is 13.0. The Bertz CT molecular complexity index is 1250. The van der Waals surface area contributed by atoms with E-state index in [1.54, 1.807) is 36.7 Å². The molecule has 1 saturated heterocycles. The molecule has 1 fully saturated rings. The van der Waals surface area contributed by atoms with Crippen LogP contribution in [0.1, 0.15) is 24.6 Å². The van der Waals surface area contributed by atoms with Crippen LogP contribution in [-0.4, -0.2) is 32.4 Å². The van der Waals surface area contributed by atoms with E-state index in [9.17, 15) is 0 Å². The summed E-state index contributed by atoms with van der Waals surface area (Å²) in [5, 5.41) is 8.97. The van der Waals surface area contributed by atoms with E-state index in [0.717, 1.165) is 41.7 Å². The van der Waals surface area contributed by atoms with E-state index in [2.05, 4.69) is 25.0 Å². The van der Waals surface area contributed by atoms with Crippen molar-refractivity contribution in [3.63, 3.8) is 0 Å². The molecule has 0 bridgehead atoms. The third kappa shape index (κ3) is 7.13. The number of rotatable bonds is 7. The molecule has 190 valence electrons. The fourth-order valence-corrected chi connectivity index (χ4v) is 5.42. The molecule has 4 aromatic rings. The van der Waals surface area contributed by atoms with Crippen molar-refractivity contribution in [3.8, 4) is 11.5 Å².